The van der Waals surface area contributed by atoms with Crippen LogP contribution in [0.4, 0.5) is 0 Å². The van der Waals surface area contributed by atoms with Gasteiger partial charge in [0.15, 0.2) is 0 Å². The zero-order valence-electron chi connectivity index (χ0n) is 9.72. The van der Waals surface area contributed by atoms with E-state index in [9.17, 15) is 5.26 Å². The van der Waals surface area contributed by atoms with Gasteiger partial charge in [-0.3, -0.25) is 10.00 Å². The predicted molar refractivity (Wildman–Crippen MR) is 59.4 cm³/mol. The van der Waals surface area contributed by atoms with Crippen molar-refractivity contribution in [2.75, 3.05) is 0 Å². The highest BCUT2D eigenvalue weighted by Gasteiger charge is 2.46. The molecule has 0 radical (unpaired) electrons. The van der Waals surface area contributed by atoms with Crippen LogP contribution in [0.3, 0.4) is 0 Å². The van der Waals surface area contributed by atoms with Crippen molar-refractivity contribution in [3.63, 3.8) is 0 Å². The van der Waals surface area contributed by atoms with Gasteiger partial charge in [0.1, 0.15) is 18.2 Å². The van der Waals surface area contributed by atoms with Crippen LogP contribution in [-0.2, 0) is 6.54 Å². The topological polar surface area (TPSA) is 66.5 Å². The van der Waals surface area contributed by atoms with Gasteiger partial charge in [0.25, 0.3) is 0 Å². The highest BCUT2D eigenvalue weighted by molar-refractivity contribution is 5.15. The van der Waals surface area contributed by atoms with E-state index in [-0.39, 0.29) is 0 Å². The lowest BCUT2D eigenvalue weighted by Gasteiger charge is -2.30. The number of rotatable bonds is 5. The maximum absolute atomic E-state index is 9.46. The van der Waals surface area contributed by atoms with Crippen LogP contribution in [-0.4, -0.2) is 26.3 Å². The first kappa shape index (κ1) is 11.1. The number of aromatic nitrogens is 3. The van der Waals surface area contributed by atoms with E-state index in [4.69, 9.17) is 0 Å². The van der Waals surface area contributed by atoms with Crippen molar-refractivity contribution in [1.29, 1.82) is 5.26 Å². The van der Waals surface area contributed by atoms with Crippen molar-refractivity contribution < 1.29 is 0 Å². The molecule has 5 heteroatoms. The van der Waals surface area contributed by atoms with Crippen molar-refractivity contribution in [2.45, 2.75) is 44.8 Å². The SMILES string of the molecule is CC(C)NC(C#N)(Cn1cncn1)C1CC1. The van der Waals surface area contributed by atoms with Crippen molar-refractivity contribution in [3.05, 3.63) is 12.7 Å². The summed E-state index contributed by atoms with van der Waals surface area (Å²) in [6.07, 6.45) is 5.42. The quantitative estimate of drug-likeness (QED) is 0.800. The molecule has 2 rings (SSSR count). The molecule has 1 aromatic rings. The van der Waals surface area contributed by atoms with Crippen molar-refractivity contribution >= 4 is 0 Å². The molecule has 0 spiro atoms. The third-order valence-corrected chi connectivity index (χ3v) is 2.90. The van der Waals surface area contributed by atoms with Gasteiger partial charge in [-0.05, 0) is 32.6 Å². The summed E-state index contributed by atoms with van der Waals surface area (Å²) in [5, 5.41) is 16.9. The van der Waals surface area contributed by atoms with Crippen LogP contribution >= 0.6 is 0 Å². The van der Waals surface area contributed by atoms with E-state index in [1.54, 1.807) is 11.0 Å². The highest BCUT2D eigenvalue weighted by Crippen LogP contribution is 2.40. The van der Waals surface area contributed by atoms with Gasteiger partial charge in [-0.1, -0.05) is 0 Å². The Bertz CT molecular complexity index is 374. The summed E-state index contributed by atoms with van der Waals surface area (Å²) in [7, 11) is 0. The van der Waals surface area contributed by atoms with Gasteiger partial charge in [-0.15, -0.1) is 0 Å². The molecule has 5 nitrogen and oxygen atoms in total. The first-order valence-corrected chi connectivity index (χ1v) is 5.67. The minimum Gasteiger partial charge on any atom is -0.295 e. The van der Waals surface area contributed by atoms with E-state index in [0.29, 0.717) is 18.5 Å². The molecule has 0 amide bonds. The molecule has 1 atom stereocenters. The predicted octanol–water partition coefficient (Wildman–Crippen LogP) is 0.948. The van der Waals surface area contributed by atoms with Crippen LogP contribution in [0.15, 0.2) is 12.7 Å². The van der Waals surface area contributed by atoms with Crippen LogP contribution in [0.25, 0.3) is 0 Å². The zero-order valence-corrected chi connectivity index (χ0v) is 9.72. The number of hydrogen-bond acceptors (Lipinski definition) is 4. The molecule has 0 bridgehead atoms. The molecule has 0 aliphatic heterocycles. The Morgan fingerprint density at radius 2 is 2.38 bits per heavy atom. The number of hydrogen-bond donors (Lipinski definition) is 1. The molecule has 1 aliphatic carbocycles. The molecule has 1 N–H and O–H groups in total. The fourth-order valence-electron chi connectivity index (χ4n) is 2.11. The minimum atomic E-state index is -0.484. The van der Waals surface area contributed by atoms with E-state index in [1.807, 2.05) is 0 Å². The molecule has 1 aliphatic rings. The van der Waals surface area contributed by atoms with Gasteiger partial charge in [0, 0.05) is 6.04 Å². The molecule has 1 unspecified atom stereocenters. The fraction of sp³-hybridized carbons (Fsp3) is 0.727. The van der Waals surface area contributed by atoms with Crippen molar-refractivity contribution in [3.8, 4) is 6.07 Å². The third kappa shape index (κ3) is 2.22. The maximum Gasteiger partial charge on any atom is 0.137 e. The summed E-state index contributed by atoms with van der Waals surface area (Å²) in [6.45, 7) is 4.71. The average molecular weight is 219 g/mol. The Morgan fingerprint density at radius 3 is 2.81 bits per heavy atom. The number of nitriles is 1. The highest BCUT2D eigenvalue weighted by atomic mass is 15.3. The van der Waals surface area contributed by atoms with Crippen LogP contribution < -0.4 is 5.32 Å². The Morgan fingerprint density at radius 1 is 1.62 bits per heavy atom. The summed E-state index contributed by atoms with van der Waals surface area (Å²) < 4.78 is 1.73. The number of nitrogens with one attached hydrogen (secondary N) is 1. The molecular weight excluding hydrogens is 202 g/mol. The fourth-order valence-corrected chi connectivity index (χ4v) is 2.11. The molecule has 0 saturated heterocycles. The van der Waals surface area contributed by atoms with Gasteiger partial charge in [-0.2, -0.15) is 10.4 Å². The minimum absolute atomic E-state index is 0.295. The largest absolute Gasteiger partial charge is 0.295 e. The molecule has 86 valence electrons. The average Bonchev–Trinajstić information content (AvgIpc) is 2.98. The van der Waals surface area contributed by atoms with Gasteiger partial charge in [0.05, 0.1) is 12.6 Å². The lowest BCUT2D eigenvalue weighted by atomic mass is 9.94. The second-order valence-corrected chi connectivity index (χ2v) is 4.75. The van der Waals surface area contributed by atoms with Gasteiger partial charge in [0.2, 0.25) is 0 Å². The van der Waals surface area contributed by atoms with E-state index >= 15 is 0 Å². The molecule has 1 fully saturated rings. The van der Waals surface area contributed by atoms with Crippen LogP contribution in [0, 0.1) is 17.2 Å². The summed E-state index contributed by atoms with van der Waals surface area (Å²) >= 11 is 0. The standard InChI is InChI=1S/C11H17N5/c1-9(2)15-11(5-12,10-3-4-10)6-16-8-13-7-14-16/h7-10,15H,3-4,6H2,1-2H3. The van der Waals surface area contributed by atoms with Crippen LogP contribution in [0.1, 0.15) is 26.7 Å². The lowest BCUT2D eigenvalue weighted by molar-refractivity contribution is 0.284. The monoisotopic (exact) mass is 219 g/mol. The van der Waals surface area contributed by atoms with Crippen molar-refractivity contribution in [1.82, 2.24) is 20.1 Å². The van der Waals surface area contributed by atoms with Gasteiger partial charge >= 0.3 is 0 Å². The van der Waals surface area contributed by atoms with Crippen molar-refractivity contribution in [2.24, 2.45) is 5.92 Å². The van der Waals surface area contributed by atoms with E-state index < -0.39 is 5.54 Å². The summed E-state index contributed by atoms with van der Waals surface area (Å²) in [6, 6.07) is 2.74. The second-order valence-electron chi connectivity index (χ2n) is 4.75. The summed E-state index contributed by atoms with van der Waals surface area (Å²) in [5.74, 6) is 0.448. The summed E-state index contributed by atoms with van der Waals surface area (Å²) in [5.41, 5.74) is -0.484. The summed E-state index contributed by atoms with van der Waals surface area (Å²) in [4.78, 5) is 3.91. The molecule has 16 heavy (non-hydrogen) atoms. The molecule has 1 aromatic heterocycles. The van der Waals surface area contributed by atoms with E-state index in [0.717, 1.165) is 12.8 Å². The smallest absolute Gasteiger partial charge is 0.137 e. The number of nitrogens with zero attached hydrogens (tertiary/aromatic N) is 4. The van der Waals surface area contributed by atoms with Crippen LogP contribution in [0.2, 0.25) is 0 Å². The third-order valence-electron chi connectivity index (χ3n) is 2.90. The van der Waals surface area contributed by atoms with E-state index in [1.165, 1.54) is 6.33 Å². The van der Waals surface area contributed by atoms with Crippen LogP contribution in [0.5, 0.6) is 0 Å². The van der Waals surface area contributed by atoms with Gasteiger partial charge in [-0.25, -0.2) is 4.98 Å². The normalized spacial score (nSPS) is 19.4. The maximum atomic E-state index is 9.46. The first-order valence-electron chi connectivity index (χ1n) is 5.67. The molecular formula is C11H17N5. The molecule has 1 heterocycles. The first-order chi connectivity index (χ1) is 7.66. The molecule has 0 aromatic carbocycles. The Labute approximate surface area is 95.5 Å². The Hall–Kier alpha value is -1.41. The lowest BCUT2D eigenvalue weighted by Crippen LogP contribution is -2.52. The van der Waals surface area contributed by atoms with Gasteiger partial charge < -0.3 is 0 Å². The zero-order chi connectivity index (χ0) is 11.6. The Balaban J connectivity index is 2.16. The van der Waals surface area contributed by atoms with E-state index in [2.05, 4.69) is 35.3 Å². The Kier molecular flexibility index (Phi) is 2.92. The molecule has 1 saturated carbocycles. The second kappa shape index (κ2) is 4.22.